The first-order valence-electron chi connectivity index (χ1n) is 8.64. The number of rotatable bonds is 7. The number of carbonyl (C=O) groups excluding carboxylic acids is 1. The van der Waals surface area contributed by atoms with Gasteiger partial charge >= 0.3 is 0 Å². The van der Waals surface area contributed by atoms with Crippen molar-refractivity contribution in [2.75, 3.05) is 0 Å². The molecule has 1 N–H and O–H groups in total. The molecule has 0 bridgehead atoms. The van der Waals surface area contributed by atoms with Crippen molar-refractivity contribution in [3.05, 3.63) is 65.2 Å². The van der Waals surface area contributed by atoms with Gasteiger partial charge in [0.1, 0.15) is 5.75 Å². The van der Waals surface area contributed by atoms with Gasteiger partial charge < -0.3 is 10.1 Å². The fourth-order valence-electron chi connectivity index (χ4n) is 2.65. The van der Waals surface area contributed by atoms with Crippen LogP contribution in [0.15, 0.2) is 48.5 Å². The molecule has 0 unspecified atom stereocenters. The topological polar surface area (TPSA) is 38.3 Å². The van der Waals surface area contributed by atoms with Crippen LogP contribution in [-0.4, -0.2) is 12.0 Å². The maximum atomic E-state index is 12.6. The molecule has 3 heteroatoms. The number of carbonyl (C=O) groups is 1. The van der Waals surface area contributed by atoms with E-state index in [1.54, 1.807) is 0 Å². The normalized spacial score (nSPS) is 13.2. The molecule has 1 amide bonds. The molecular weight excluding hydrogens is 298 g/mol. The molecule has 0 spiro atoms. The van der Waals surface area contributed by atoms with Crippen LogP contribution in [0.4, 0.5) is 0 Å². The molecule has 0 aliphatic rings. The fraction of sp³-hybridized carbons (Fsp3) is 0.381. The van der Waals surface area contributed by atoms with E-state index in [4.69, 9.17) is 4.74 Å². The van der Waals surface area contributed by atoms with Crippen LogP contribution >= 0.6 is 0 Å². The molecule has 128 valence electrons. The lowest BCUT2D eigenvalue weighted by Gasteiger charge is -2.23. The molecule has 2 aromatic carbocycles. The number of para-hydroxylation sites is 1. The van der Waals surface area contributed by atoms with Crippen LogP contribution in [0.25, 0.3) is 0 Å². The first kappa shape index (κ1) is 18.1. The predicted molar refractivity (Wildman–Crippen MR) is 98.2 cm³/mol. The molecule has 3 nitrogen and oxygen atoms in total. The Kier molecular flexibility index (Phi) is 6.42. The Balaban J connectivity index is 2.07. The molecule has 0 saturated carbocycles. The van der Waals surface area contributed by atoms with Crippen LogP contribution in [0.1, 0.15) is 49.4 Å². The maximum Gasteiger partial charge on any atom is 0.261 e. The Hall–Kier alpha value is -2.29. The van der Waals surface area contributed by atoms with Crippen LogP contribution in [-0.2, 0) is 4.79 Å². The van der Waals surface area contributed by atoms with Crippen LogP contribution in [0.2, 0.25) is 0 Å². The maximum absolute atomic E-state index is 12.6. The van der Waals surface area contributed by atoms with Gasteiger partial charge in [0.25, 0.3) is 5.91 Å². The van der Waals surface area contributed by atoms with Crippen molar-refractivity contribution >= 4 is 5.91 Å². The predicted octanol–water partition coefficient (Wildman–Crippen LogP) is 4.73. The van der Waals surface area contributed by atoms with Gasteiger partial charge in [-0.3, -0.25) is 4.79 Å². The van der Waals surface area contributed by atoms with Gasteiger partial charge in [0.2, 0.25) is 0 Å². The molecule has 0 fully saturated rings. The first-order chi connectivity index (χ1) is 11.5. The first-order valence-corrected chi connectivity index (χ1v) is 8.64. The zero-order valence-electron chi connectivity index (χ0n) is 15.0. The van der Waals surface area contributed by atoms with Crippen LogP contribution in [0.5, 0.6) is 5.75 Å². The highest BCUT2D eigenvalue weighted by atomic mass is 16.5. The summed E-state index contributed by atoms with van der Waals surface area (Å²) in [6, 6.07) is 15.8. The van der Waals surface area contributed by atoms with E-state index < -0.39 is 6.10 Å². The second-order valence-corrected chi connectivity index (χ2v) is 6.14. The fourth-order valence-corrected chi connectivity index (χ4v) is 2.65. The molecule has 2 atom stereocenters. The van der Waals surface area contributed by atoms with E-state index in [2.05, 4.69) is 44.3 Å². The van der Waals surface area contributed by atoms with Crippen molar-refractivity contribution in [2.24, 2.45) is 0 Å². The van der Waals surface area contributed by atoms with Crippen LogP contribution in [0.3, 0.4) is 0 Å². The molecule has 0 saturated heterocycles. The summed E-state index contributed by atoms with van der Waals surface area (Å²) in [4.78, 5) is 12.6. The van der Waals surface area contributed by atoms with E-state index in [0.29, 0.717) is 6.42 Å². The van der Waals surface area contributed by atoms with Gasteiger partial charge in [-0.25, -0.2) is 0 Å². The molecule has 0 aromatic heterocycles. The van der Waals surface area contributed by atoms with Crippen LogP contribution in [0, 0.1) is 13.8 Å². The van der Waals surface area contributed by atoms with E-state index >= 15 is 0 Å². The van der Waals surface area contributed by atoms with E-state index in [-0.39, 0.29) is 11.9 Å². The SMILES string of the molecule is CC[C@H](Oc1ccccc1)C(=O)N[C@H](CC)c1ccc(C)c(C)c1. The number of ether oxygens (including phenoxy) is 1. The number of amides is 1. The Morgan fingerprint density at radius 3 is 2.29 bits per heavy atom. The Morgan fingerprint density at radius 2 is 1.71 bits per heavy atom. The van der Waals surface area contributed by atoms with Gasteiger partial charge in [-0.1, -0.05) is 50.2 Å². The van der Waals surface area contributed by atoms with Crippen molar-refractivity contribution in [3.8, 4) is 5.75 Å². The largest absolute Gasteiger partial charge is 0.481 e. The van der Waals surface area contributed by atoms with Crippen molar-refractivity contribution in [1.82, 2.24) is 5.32 Å². The molecule has 0 aliphatic heterocycles. The number of hydrogen-bond acceptors (Lipinski definition) is 2. The highest BCUT2D eigenvalue weighted by molar-refractivity contribution is 5.81. The summed E-state index contributed by atoms with van der Waals surface area (Å²) in [5.41, 5.74) is 3.65. The molecule has 2 aromatic rings. The van der Waals surface area contributed by atoms with E-state index in [9.17, 15) is 4.79 Å². The third-order valence-corrected chi connectivity index (χ3v) is 4.34. The lowest BCUT2D eigenvalue weighted by atomic mass is 9.99. The van der Waals surface area contributed by atoms with Crippen molar-refractivity contribution in [2.45, 2.75) is 52.7 Å². The zero-order valence-corrected chi connectivity index (χ0v) is 15.0. The summed E-state index contributed by atoms with van der Waals surface area (Å²) in [7, 11) is 0. The second-order valence-electron chi connectivity index (χ2n) is 6.14. The van der Waals surface area contributed by atoms with Gasteiger partial charge in [0.05, 0.1) is 6.04 Å². The number of hydrogen-bond donors (Lipinski definition) is 1. The smallest absolute Gasteiger partial charge is 0.261 e. The Labute approximate surface area is 145 Å². The minimum absolute atomic E-state index is 0.00484. The standard InChI is InChI=1S/C21H27NO2/c1-5-19(17-13-12-15(3)16(4)14-17)22-21(23)20(6-2)24-18-10-8-7-9-11-18/h7-14,19-20H,5-6H2,1-4H3,(H,22,23)/t19-,20+/m1/s1. The molecule has 2 rings (SSSR count). The minimum atomic E-state index is -0.479. The Bertz CT molecular complexity index is 667. The lowest BCUT2D eigenvalue weighted by molar-refractivity contribution is -0.128. The highest BCUT2D eigenvalue weighted by Gasteiger charge is 2.22. The van der Waals surface area contributed by atoms with Gasteiger partial charge in [-0.2, -0.15) is 0 Å². The molecular formula is C21H27NO2. The van der Waals surface area contributed by atoms with Crippen molar-refractivity contribution in [3.63, 3.8) is 0 Å². The van der Waals surface area contributed by atoms with Crippen LogP contribution < -0.4 is 10.1 Å². The molecule has 0 aliphatic carbocycles. The zero-order chi connectivity index (χ0) is 17.5. The summed E-state index contributed by atoms with van der Waals surface area (Å²) in [5, 5.41) is 3.14. The second kappa shape index (κ2) is 8.53. The van der Waals surface area contributed by atoms with Gasteiger partial charge in [-0.15, -0.1) is 0 Å². The quantitative estimate of drug-likeness (QED) is 0.799. The number of aryl methyl sites for hydroxylation is 2. The monoisotopic (exact) mass is 325 g/mol. The summed E-state index contributed by atoms with van der Waals surface area (Å²) in [6.07, 6.45) is 0.994. The summed E-state index contributed by atoms with van der Waals surface area (Å²) in [6.45, 7) is 8.24. The van der Waals surface area contributed by atoms with Gasteiger partial charge in [-0.05, 0) is 55.5 Å². The number of benzene rings is 2. The summed E-state index contributed by atoms with van der Waals surface area (Å²) >= 11 is 0. The molecule has 24 heavy (non-hydrogen) atoms. The summed E-state index contributed by atoms with van der Waals surface area (Å²) < 4.78 is 5.84. The third kappa shape index (κ3) is 4.60. The van der Waals surface area contributed by atoms with Gasteiger partial charge in [0, 0.05) is 0 Å². The van der Waals surface area contributed by atoms with E-state index in [1.807, 2.05) is 37.3 Å². The Morgan fingerprint density at radius 1 is 1.00 bits per heavy atom. The van der Waals surface area contributed by atoms with Crippen molar-refractivity contribution in [1.29, 1.82) is 0 Å². The van der Waals surface area contributed by atoms with Crippen molar-refractivity contribution < 1.29 is 9.53 Å². The number of nitrogens with one attached hydrogen (secondary N) is 1. The summed E-state index contributed by atoms with van der Waals surface area (Å²) in [5.74, 6) is 0.658. The average Bonchev–Trinajstić information content (AvgIpc) is 2.60. The molecule has 0 radical (unpaired) electrons. The highest BCUT2D eigenvalue weighted by Crippen LogP contribution is 2.21. The van der Waals surface area contributed by atoms with E-state index in [0.717, 1.165) is 17.7 Å². The molecule has 0 heterocycles. The minimum Gasteiger partial charge on any atom is -0.481 e. The van der Waals surface area contributed by atoms with E-state index in [1.165, 1.54) is 11.1 Å². The average molecular weight is 325 g/mol. The van der Waals surface area contributed by atoms with Gasteiger partial charge in [0.15, 0.2) is 6.10 Å². The third-order valence-electron chi connectivity index (χ3n) is 4.34. The lowest BCUT2D eigenvalue weighted by Crippen LogP contribution is -2.40.